The first kappa shape index (κ1) is 24.7. The molecule has 10 heteroatoms. The second-order valence-corrected chi connectivity index (χ2v) is 7.94. The Kier molecular flexibility index (Phi) is 8.58. The minimum absolute atomic E-state index is 0.142. The highest BCUT2D eigenvalue weighted by Crippen LogP contribution is 2.15. The van der Waals surface area contributed by atoms with Gasteiger partial charge in [-0.3, -0.25) is 14.8 Å². The fourth-order valence-corrected chi connectivity index (χ4v) is 3.62. The number of nitrogens with one attached hydrogen (secondary N) is 2. The van der Waals surface area contributed by atoms with Gasteiger partial charge in [0.05, 0.1) is 18.0 Å². The number of rotatable bonds is 12. The fraction of sp³-hybridized carbons (Fsp3) is 0.333. The summed E-state index contributed by atoms with van der Waals surface area (Å²) in [5.74, 6) is -0.726. The van der Waals surface area contributed by atoms with Crippen LogP contribution in [0.15, 0.2) is 53.3 Å². The molecule has 0 aliphatic heterocycles. The van der Waals surface area contributed by atoms with Crippen LogP contribution in [-0.2, 0) is 24.2 Å². The van der Waals surface area contributed by atoms with Gasteiger partial charge >= 0.3 is 5.97 Å². The van der Waals surface area contributed by atoms with Crippen molar-refractivity contribution in [3.05, 3.63) is 77.3 Å². The Labute approximate surface area is 196 Å². The summed E-state index contributed by atoms with van der Waals surface area (Å²) in [6.07, 6.45) is 5.67. The van der Waals surface area contributed by atoms with E-state index in [0.29, 0.717) is 24.4 Å². The number of hydrogen-bond donors (Lipinski definition) is 4. The summed E-state index contributed by atoms with van der Waals surface area (Å²) >= 11 is 0. The van der Waals surface area contributed by atoms with Gasteiger partial charge in [0.25, 0.3) is 5.91 Å². The Morgan fingerprint density at radius 3 is 2.56 bits per heavy atom. The third-order valence-corrected chi connectivity index (χ3v) is 5.39. The van der Waals surface area contributed by atoms with Crippen molar-refractivity contribution in [2.45, 2.75) is 51.6 Å². The molecular weight excluding hydrogens is 440 g/mol. The summed E-state index contributed by atoms with van der Waals surface area (Å²) in [7, 11) is 0. The van der Waals surface area contributed by atoms with Crippen molar-refractivity contribution in [3.63, 3.8) is 0 Å². The average molecular weight is 469 g/mol. The van der Waals surface area contributed by atoms with E-state index < -0.39 is 23.8 Å². The molecule has 10 nitrogen and oxygen atoms in total. The maximum Gasteiger partial charge on any atom is 0.335 e. The monoisotopic (exact) mass is 468 g/mol. The van der Waals surface area contributed by atoms with Crippen LogP contribution in [0.3, 0.4) is 0 Å². The number of carbonyl (C=O) groups is 3. The number of unbranched alkanes of at least 4 members (excludes halogenated alkanes) is 1. The number of furan rings is 1. The molecule has 0 unspecified atom stereocenters. The SMILES string of the molecule is CCCCc1ncc(C(=O)N[C@@H](CC(=O)NO)Cc2ccco2)n1Cc1ccc(C(=O)O)cc1. The highest BCUT2D eigenvalue weighted by atomic mass is 16.5. The van der Waals surface area contributed by atoms with Crippen LogP contribution in [0, 0.1) is 0 Å². The van der Waals surface area contributed by atoms with Gasteiger partial charge in [-0.2, -0.15) is 0 Å². The van der Waals surface area contributed by atoms with Gasteiger partial charge in [-0.05, 0) is 36.2 Å². The molecule has 0 aliphatic carbocycles. The predicted molar refractivity (Wildman–Crippen MR) is 122 cm³/mol. The molecule has 0 aliphatic rings. The van der Waals surface area contributed by atoms with Crippen LogP contribution in [-0.4, -0.2) is 43.7 Å². The molecule has 2 heterocycles. The lowest BCUT2D eigenvalue weighted by Gasteiger charge is -2.18. The summed E-state index contributed by atoms with van der Waals surface area (Å²) in [5, 5.41) is 20.9. The largest absolute Gasteiger partial charge is 0.478 e. The minimum Gasteiger partial charge on any atom is -0.478 e. The Hall–Kier alpha value is -3.92. The molecule has 1 atom stereocenters. The molecule has 0 saturated carbocycles. The molecule has 3 rings (SSSR count). The number of benzene rings is 1. The van der Waals surface area contributed by atoms with Crippen LogP contribution in [0.2, 0.25) is 0 Å². The zero-order chi connectivity index (χ0) is 24.5. The normalized spacial score (nSPS) is 11.7. The Bertz CT molecular complexity index is 1110. The Morgan fingerprint density at radius 1 is 1.18 bits per heavy atom. The molecule has 2 aromatic heterocycles. The van der Waals surface area contributed by atoms with E-state index in [1.807, 2.05) is 0 Å². The smallest absolute Gasteiger partial charge is 0.335 e. The van der Waals surface area contributed by atoms with Crippen molar-refractivity contribution >= 4 is 17.8 Å². The third-order valence-electron chi connectivity index (χ3n) is 5.39. The molecular formula is C24H28N4O6. The number of aromatic nitrogens is 2. The maximum absolute atomic E-state index is 13.2. The molecule has 2 amide bonds. The van der Waals surface area contributed by atoms with Crippen molar-refractivity contribution in [1.29, 1.82) is 0 Å². The van der Waals surface area contributed by atoms with E-state index >= 15 is 0 Å². The second kappa shape index (κ2) is 11.8. The van der Waals surface area contributed by atoms with E-state index in [4.69, 9.17) is 14.7 Å². The van der Waals surface area contributed by atoms with Crippen LogP contribution >= 0.6 is 0 Å². The van der Waals surface area contributed by atoms with Crippen LogP contribution in [0.5, 0.6) is 0 Å². The molecule has 180 valence electrons. The highest BCUT2D eigenvalue weighted by molar-refractivity contribution is 5.93. The van der Waals surface area contributed by atoms with Crippen LogP contribution in [0.4, 0.5) is 0 Å². The van der Waals surface area contributed by atoms with Crippen molar-refractivity contribution < 1.29 is 29.1 Å². The summed E-state index contributed by atoms with van der Waals surface area (Å²) < 4.78 is 7.14. The number of hydrogen-bond acceptors (Lipinski definition) is 6. The van der Waals surface area contributed by atoms with E-state index in [1.54, 1.807) is 34.3 Å². The topological polar surface area (TPSA) is 147 Å². The number of carbonyl (C=O) groups excluding carboxylic acids is 2. The van der Waals surface area contributed by atoms with Gasteiger partial charge in [0, 0.05) is 31.8 Å². The van der Waals surface area contributed by atoms with Crippen LogP contribution in [0.25, 0.3) is 0 Å². The molecule has 1 aromatic carbocycles. The summed E-state index contributed by atoms with van der Waals surface area (Å²) in [6.45, 7) is 2.40. The van der Waals surface area contributed by atoms with Gasteiger partial charge < -0.3 is 19.4 Å². The van der Waals surface area contributed by atoms with Crippen LogP contribution in [0.1, 0.15) is 64.2 Å². The fourth-order valence-electron chi connectivity index (χ4n) is 3.62. The number of carboxylic acids is 1. The van der Waals surface area contributed by atoms with E-state index in [9.17, 15) is 14.4 Å². The van der Waals surface area contributed by atoms with E-state index in [1.165, 1.54) is 24.6 Å². The molecule has 0 radical (unpaired) electrons. The quantitative estimate of drug-likeness (QED) is 0.236. The van der Waals surface area contributed by atoms with Gasteiger partial charge in [-0.1, -0.05) is 25.5 Å². The van der Waals surface area contributed by atoms with Crippen molar-refractivity contribution in [3.8, 4) is 0 Å². The van der Waals surface area contributed by atoms with Crippen molar-refractivity contribution in [2.75, 3.05) is 0 Å². The second-order valence-electron chi connectivity index (χ2n) is 7.94. The predicted octanol–water partition coefficient (Wildman–Crippen LogP) is 2.80. The third kappa shape index (κ3) is 6.55. The number of hydroxylamine groups is 1. The lowest BCUT2D eigenvalue weighted by molar-refractivity contribution is -0.129. The highest BCUT2D eigenvalue weighted by Gasteiger charge is 2.23. The van der Waals surface area contributed by atoms with E-state index in [2.05, 4.69) is 17.2 Å². The number of aryl methyl sites for hydroxylation is 1. The molecule has 34 heavy (non-hydrogen) atoms. The molecule has 0 saturated heterocycles. The first-order valence-corrected chi connectivity index (χ1v) is 11.0. The molecule has 0 spiro atoms. The summed E-state index contributed by atoms with van der Waals surface area (Å²) in [6, 6.07) is 9.29. The molecule has 0 fully saturated rings. The van der Waals surface area contributed by atoms with Crippen LogP contribution < -0.4 is 10.8 Å². The first-order valence-electron chi connectivity index (χ1n) is 11.0. The van der Waals surface area contributed by atoms with E-state index in [-0.39, 0.29) is 18.4 Å². The number of imidazole rings is 1. The number of nitrogens with zero attached hydrogens (tertiary/aromatic N) is 2. The van der Waals surface area contributed by atoms with Gasteiger partial charge in [0.15, 0.2) is 0 Å². The zero-order valence-electron chi connectivity index (χ0n) is 18.9. The van der Waals surface area contributed by atoms with Gasteiger partial charge in [0.2, 0.25) is 5.91 Å². The molecule has 0 bridgehead atoms. The standard InChI is InChI=1S/C24H28N4O6/c1-2-3-6-21-25-14-20(28(21)15-16-7-9-17(10-8-16)24(31)32)23(30)26-18(13-22(29)27-33)12-19-5-4-11-34-19/h4-5,7-11,14,18,33H,2-3,6,12-13,15H2,1H3,(H,26,30)(H,27,29)(H,31,32)/t18-/m1/s1. The summed E-state index contributed by atoms with van der Waals surface area (Å²) in [5.41, 5.74) is 2.92. The first-order chi connectivity index (χ1) is 16.4. The van der Waals surface area contributed by atoms with Gasteiger partial charge in [-0.15, -0.1) is 0 Å². The number of carboxylic acid groups (broad SMARTS) is 1. The average Bonchev–Trinajstić information content (AvgIpc) is 3.47. The zero-order valence-corrected chi connectivity index (χ0v) is 18.9. The van der Waals surface area contributed by atoms with Crippen molar-refractivity contribution in [2.24, 2.45) is 0 Å². The number of aromatic carboxylic acids is 1. The van der Waals surface area contributed by atoms with Gasteiger partial charge in [0.1, 0.15) is 17.3 Å². The molecule has 4 N–H and O–H groups in total. The van der Waals surface area contributed by atoms with Crippen molar-refractivity contribution in [1.82, 2.24) is 20.3 Å². The molecule has 3 aromatic rings. The van der Waals surface area contributed by atoms with Gasteiger partial charge in [-0.25, -0.2) is 15.3 Å². The summed E-state index contributed by atoms with van der Waals surface area (Å²) in [4.78, 5) is 40.6. The Balaban J connectivity index is 1.84. The Morgan fingerprint density at radius 2 is 1.94 bits per heavy atom. The minimum atomic E-state index is -1.01. The number of amides is 2. The van der Waals surface area contributed by atoms with E-state index in [0.717, 1.165) is 24.2 Å². The lowest BCUT2D eigenvalue weighted by atomic mass is 10.1. The maximum atomic E-state index is 13.2. The lowest BCUT2D eigenvalue weighted by Crippen LogP contribution is -2.40.